The fourth-order valence-electron chi connectivity index (χ4n) is 1.99. The summed E-state index contributed by atoms with van der Waals surface area (Å²) >= 11 is 0. The van der Waals surface area contributed by atoms with Crippen LogP contribution in [0.4, 0.5) is 0 Å². The van der Waals surface area contributed by atoms with E-state index in [-0.39, 0.29) is 11.1 Å². The first-order chi connectivity index (χ1) is 11.5. The SMILES string of the molecule is Cc1ccc(C(=O)O)cc1C(=O)O.c1ccc(-n2cccn2)cc1. The predicted octanol–water partition coefficient (Wildman–Crippen LogP) is 3.26. The van der Waals surface area contributed by atoms with E-state index in [4.69, 9.17) is 10.2 Å². The van der Waals surface area contributed by atoms with Gasteiger partial charge in [0.2, 0.25) is 0 Å². The van der Waals surface area contributed by atoms with Crippen molar-refractivity contribution in [3.8, 4) is 5.69 Å². The van der Waals surface area contributed by atoms with Crippen molar-refractivity contribution >= 4 is 11.9 Å². The minimum absolute atomic E-state index is 0.0111. The fraction of sp³-hybridized carbons (Fsp3) is 0.0556. The lowest BCUT2D eigenvalue weighted by Gasteiger charge is -2.01. The number of aryl methyl sites for hydroxylation is 1. The Morgan fingerprint density at radius 2 is 1.67 bits per heavy atom. The molecular formula is C18H16N2O4. The summed E-state index contributed by atoms with van der Waals surface area (Å²) < 4.78 is 1.83. The first-order valence-corrected chi connectivity index (χ1v) is 7.11. The van der Waals surface area contributed by atoms with Gasteiger partial charge in [-0.05, 0) is 42.8 Å². The van der Waals surface area contributed by atoms with E-state index in [1.807, 2.05) is 47.3 Å². The van der Waals surface area contributed by atoms with Crippen molar-refractivity contribution in [3.63, 3.8) is 0 Å². The van der Waals surface area contributed by atoms with Gasteiger partial charge in [0.25, 0.3) is 0 Å². The second-order valence-corrected chi connectivity index (χ2v) is 4.93. The summed E-state index contributed by atoms with van der Waals surface area (Å²) in [4.78, 5) is 21.1. The van der Waals surface area contributed by atoms with Crippen LogP contribution in [0.2, 0.25) is 0 Å². The van der Waals surface area contributed by atoms with Gasteiger partial charge < -0.3 is 10.2 Å². The quantitative estimate of drug-likeness (QED) is 0.771. The Morgan fingerprint density at radius 1 is 0.958 bits per heavy atom. The normalized spacial score (nSPS) is 9.71. The molecule has 0 atom stereocenters. The van der Waals surface area contributed by atoms with Crippen LogP contribution in [0, 0.1) is 6.92 Å². The highest BCUT2D eigenvalue weighted by Crippen LogP contribution is 2.11. The van der Waals surface area contributed by atoms with Crippen LogP contribution in [0.3, 0.4) is 0 Å². The molecule has 6 heteroatoms. The van der Waals surface area contributed by atoms with E-state index in [0.29, 0.717) is 5.56 Å². The second-order valence-electron chi connectivity index (χ2n) is 4.93. The number of benzene rings is 2. The number of hydrogen-bond acceptors (Lipinski definition) is 3. The molecular weight excluding hydrogens is 308 g/mol. The van der Waals surface area contributed by atoms with E-state index in [1.165, 1.54) is 12.1 Å². The van der Waals surface area contributed by atoms with Crippen molar-refractivity contribution < 1.29 is 19.8 Å². The zero-order valence-electron chi connectivity index (χ0n) is 13.0. The van der Waals surface area contributed by atoms with Gasteiger partial charge in [-0.1, -0.05) is 24.3 Å². The van der Waals surface area contributed by atoms with Crippen molar-refractivity contribution in [1.82, 2.24) is 9.78 Å². The van der Waals surface area contributed by atoms with Crippen molar-refractivity contribution in [2.24, 2.45) is 0 Å². The van der Waals surface area contributed by atoms with E-state index in [9.17, 15) is 9.59 Å². The van der Waals surface area contributed by atoms with Crippen molar-refractivity contribution in [1.29, 1.82) is 0 Å². The van der Waals surface area contributed by atoms with Crippen LogP contribution < -0.4 is 0 Å². The third-order valence-electron chi connectivity index (χ3n) is 3.24. The molecule has 0 fully saturated rings. The second kappa shape index (κ2) is 7.73. The summed E-state index contributed by atoms with van der Waals surface area (Å²) in [6.45, 7) is 1.62. The fourth-order valence-corrected chi connectivity index (χ4v) is 1.99. The molecule has 0 saturated carbocycles. The van der Waals surface area contributed by atoms with Gasteiger partial charge in [0.05, 0.1) is 16.8 Å². The van der Waals surface area contributed by atoms with E-state index >= 15 is 0 Å². The molecule has 0 radical (unpaired) electrons. The molecule has 0 unspecified atom stereocenters. The van der Waals surface area contributed by atoms with Gasteiger partial charge in [-0.3, -0.25) is 0 Å². The van der Waals surface area contributed by atoms with E-state index < -0.39 is 11.9 Å². The first-order valence-electron chi connectivity index (χ1n) is 7.11. The highest BCUT2D eigenvalue weighted by molar-refractivity contribution is 5.94. The molecule has 0 aliphatic rings. The maximum atomic E-state index is 10.6. The average Bonchev–Trinajstić information content (AvgIpc) is 3.11. The number of hydrogen-bond donors (Lipinski definition) is 2. The lowest BCUT2D eigenvalue weighted by molar-refractivity contribution is 0.0695. The molecule has 0 aliphatic heterocycles. The maximum absolute atomic E-state index is 10.6. The van der Waals surface area contributed by atoms with E-state index in [1.54, 1.807) is 13.1 Å². The predicted molar refractivity (Wildman–Crippen MR) is 88.7 cm³/mol. The monoisotopic (exact) mass is 324 g/mol. The van der Waals surface area contributed by atoms with Gasteiger partial charge in [0.15, 0.2) is 0 Å². The maximum Gasteiger partial charge on any atom is 0.335 e. The first kappa shape index (κ1) is 17.0. The number of nitrogens with zero attached hydrogens (tertiary/aromatic N) is 2. The van der Waals surface area contributed by atoms with Crippen LogP contribution in [0.25, 0.3) is 5.69 Å². The standard InChI is InChI=1S/C9H8N2.C9H8O4/c1-2-5-9(6-3-1)11-8-4-7-10-11;1-5-2-3-6(8(10)11)4-7(5)9(12)13/h1-8H;2-4H,1H3,(H,10,11)(H,12,13). The lowest BCUT2D eigenvalue weighted by atomic mass is 10.1. The Morgan fingerprint density at radius 3 is 2.21 bits per heavy atom. The minimum atomic E-state index is -1.12. The molecule has 3 rings (SSSR count). The molecule has 0 bridgehead atoms. The summed E-state index contributed by atoms with van der Waals surface area (Å²) in [5.41, 5.74) is 1.66. The highest BCUT2D eigenvalue weighted by Gasteiger charge is 2.10. The van der Waals surface area contributed by atoms with Crippen LogP contribution in [-0.4, -0.2) is 31.9 Å². The average molecular weight is 324 g/mol. The van der Waals surface area contributed by atoms with Gasteiger partial charge in [-0.2, -0.15) is 5.10 Å². The lowest BCUT2D eigenvalue weighted by Crippen LogP contribution is -2.03. The largest absolute Gasteiger partial charge is 0.478 e. The molecule has 2 N–H and O–H groups in total. The molecule has 0 spiro atoms. The number of rotatable bonds is 3. The molecule has 3 aromatic rings. The van der Waals surface area contributed by atoms with Gasteiger partial charge in [0.1, 0.15) is 0 Å². The molecule has 0 saturated heterocycles. The van der Waals surface area contributed by atoms with Crippen LogP contribution in [0.5, 0.6) is 0 Å². The Kier molecular flexibility index (Phi) is 5.46. The molecule has 6 nitrogen and oxygen atoms in total. The molecule has 2 aromatic carbocycles. The topological polar surface area (TPSA) is 92.4 Å². The summed E-state index contributed by atoms with van der Waals surface area (Å²) in [6.07, 6.45) is 3.70. The van der Waals surface area contributed by atoms with Gasteiger partial charge in [-0.25, -0.2) is 14.3 Å². The van der Waals surface area contributed by atoms with Gasteiger partial charge in [0, 0.05) is 12.4 Å². The number of aromatic carboxylic acids is 2. The molecule has 24 heavy (non-hydrogen) atoms. The minimum Gasteiger partial charge on any atom is -0.478 e. The van der Waals surface area contributed by atoms with Crippen molar-refractivity contribution in [2.75, 3.05) is 0 Å². The highest BCUT2D eigenvalue weighted by atomic mass is 16.4. The molecule has 1 aromatic heterocycles. The summed E-state index contributed by atoms with van der Waals surface area (Å²) in [7, 11) is 0. The Balaban J connectivity index is 0.000000175. The number of aromatic nitrogens is 2. The smallest absolute Gasteiger partial charge is 0.335 e. The zero-order chi connectivity index (χ0) is 17.5. The third-order valence-corrected chi connectivity index (χ3v) is 3.24. The van der Waals surface area contributed by atoms with Gasteiger partial charge >= 0.3 is 11.9 Å². The zero-order valence-corrected chi connectivity index (χ0v) is 13.0. The van der Waals surface area contributed by atoms with Crippen LogP contribution in [0.15, 0.2) is 67.0 Å². The number of carboxylic acids is 2. The Hall–Kier alpha value is -3.41. The van der Waals surface area contributed by atoms with Crippen molar-refractivity contribution in [3.05, 3.63) is 83.7 Å². The number of para-hydroxylation sites is 1. The molecule has 122 valence electrons. The Labute approximate surface area is 138 Å². The molecule has 1 heterocycles. The molecule has 0 aliphatic carbocycles. The van der Waals surface area contributed by atoms with E-state index in [0.717, 1.165) is 11.8 Å². The summed E-state index contributed by atoms with van der Waals surface area (Å²) in [6, 6.07) is 15.9. The number of carbonyl (C=O) groups is 2. The van der Waals surface area contributed by atoms with Crippen molar-refractivity contribution in [2.45, 2.75) is 6.92 Å². The van der Waals surface area contributed by atoms with Gasteiger partial charge in [-0.15, -0.1) is 0 Å². The number of carboxylic acid groups (broad SMARTS) is 2. The summed E-state index contributed by atoms with van der Waals surface area (Å²) in [5, 5.41) is 21.4. The third kappa shape index (κ3) is 4.30. The summed E-state index contributed by atoms with van der Waals surface area (Å²) in [5.74, 6) is -2.23. The van der Waals surface area contributed by atoms with Crippen LogP contribution in [-0.2, 0) is 0 Å². The van der Waals surface area contributed by atoms with Crippen LogP contribution >= 0.6 is 0 Å². The van der Waals surface area contributed by atoms with Crippen LogP contribution in [0.1, 0.15) is 26.3 Å². The van der Waals surface area contributed by atoms with E-state index in [2.05, 4.69) is 5.10 Å². The Bertz CT molecular complexity index is 827. The molecule has 0 amide bonds.